The maximum Gasteiger partial charge on any atom is 0.271 e. The third kappa shape index (κ3) is 4.07. The SMILES string of the molecule is O=C(NN=Cc1c(O)[nH]c(=O)c2ccccc12)c1cccc(S(=O)(=O)N2CCCC2)c1. The highest BCUT2D eigenvalue weighted by Crippen LogP contribution is 2.22. The lowest BCUT2D eigenvalue weighted by atomic mass is 10.1. The molecule has 9 nitrogen and oxygen atoms in total. The summed E-state index contributed by atoms with van der Waals surface area (Å²) in [5, 5.41) is 14.8. The molecule has 0 unspecified atom stereocenters. The van der Waals surface area contributed by atoms with Crippen molar-refractivity contribution >= 4 is 32.9 Å². The lowest BCUT2D eigenvalue weighted by Gasteiger charge is -2.15. The van der Waals surface area contributed by atoms with E-state index in [0.717, 1.165) is 12.8 Å². The number of pyridine rings is 1. The number of rotatable bonds is 5. The fourth-order valence-electron chi connectivity index (χ4n) is 3.51. The summed E-state index contributed by atoms with van der Waals surface area (Å²) >= 11 is 0. The van der Waals surface area contributed by atoms with Crippen molar-refractivity contribution < 1.29 is 18.3 Å². The number of aromatic hydroxyl groups is 1. The van der Waals surface area contributed by atoms with Gasteiger partial charge in [0.15, 0.2) is 0 Å². The summed E-state index contributed by atoms with van der Waals surface area (Å²) in [6.07, 6.45) is 2.86. The minimum atomic E-state index is -3.64. The van der Waals surface area contributed by atoms with Gasteiger partial charge in [-0.3, -0.25) is 14.6 Å². The highest BCUT2D eigenvalue weighted by Gasteiger charge is 2.27. The lowest BCUT2D eigenvalue weighted by Crippen LogP contribution is -2.28. The van der Waals surface area contributed by atoms with E-state index in [1.54, 1.807) is 24.3 Å². The van der Waals surface area contributed by atoms with Crippen molar-refractivity contribution in [2.75, 3.05) is 13.1 Å². The molecular weight excluding hydrogens is 420 g/mol. The molecule has 31 heavy (non-hydrogen) atoms. The van der Waals surface area contributed by atoms with Crippen LogP contribution in [0.4, 0.5) is 0 Å². The summed E-state index contributed by atoms with van der Waals surface area (Å²) in [6.45, 7) is 0.944. The topological polar surface area (TPSA) is 132 Å². The Morgan fingerprint density at radius 3 is 2.55 bits per heavy atom. The fraction of sp³-hybridized carbons (Fsp3) is 0.190. The minimum Gasteiger partial charge on any atom is -0.494 e. The average Bonchev–Trinajstić information content (AvgIpc) is 3.32. The van der Waals surface area contributed by atoms with E-state index in [1.165, 1.54) is 34.8 Å². The van der Waals surface area contributed by atoms with Crippen LogP contribution in [0.2, 0.25) is 0 Å². The number of aromatic nitrogens is 1. The number of nitrogens with zero attached hydrogens (tertiary/aromatic N) is 2. The van der Waals surface area contributed by atoms with Crippen molar-refractivity contribution in [2.24, 2.45) is 5.10 Å². The fourth-order valence-corrected chi connectivity index (χ4v) is 5.08. The zero-order valence-corrected chi connectivity index (χ0v) is 17.2. The third-order valence-electron chi connectivity index (χ3n) is 5.11. The zero-order valence-electron chi connectivity index (χ0n) is 16.4. The molecular formula is C21H20N4O5S. The average molecular weight is 440 g/mol. The second kappa shape index (κ2) is 8.32. The Hall–Kier alpha value is -3.50. The van der Waals surface area contributed by atoms with Crippen LogP contribution in [0.15, 0.2) is 63.3 Å². The van der Waals surface area contributed by atoms with Gasteiger partial charge in [-0.25, -0.2) is 13.8 Å². The van der Waals surface area contributed by atoms with Crippen LogP contribution in [0.5, 0.6) is 5.88 Å². The summed E-state index contributed by atoms with van der Waals surface area (Å²) in [6, 6.07) is 12.4. The van der Waals surface area contributed by atoms with Gasteiger partial charge in [-0.05, 0) is 37.1 Å². The molecule has 0 atom stereocenters. The second-order valence-corrected chi connectivity index (χ2v) is 9.04. The number of fused-ring (bicyclic) bond motifs is 1. The first-order valence-electron chi connectivity index (χ1n) is 9.65. The Morgan fingerprint density at radius 1 is 1.10 bits per heavy atom. The highest BCUT2D eigenvalue weighted by atomic mass is 32.2. The molecule has 1 aliphatic rings. The van der Waals surface area contributed by atoms with Gasteiger partial charge < -0.3 is 5.11 Å². The van der Waals surface area contributed by atoms with Gasteiger partial charge in [0, 0.05) is 29.4 Å². The van der Waals surface area contributed by atoms with Crippen LogP contribution < -0.4 is 11.0 Å². The number of hydrogen-bond donors (Lipinski definition) is 3. The Balaban J connectivity index is 1.56. The molecule has 1 saturated heterocycles. The molecule has 3 N–H and O–H groups in total. The smallest absolute Gasteiger partial charge is 0.271 e. The second-order valence-electron chi connectivity index (χ2n) is 7.10. The summed E-state index contributed by atoms with van der Waals surface area (Å²) in [5.41, 5.74) is 2.25. The lowest BCUT2D eigenvalue weighted by molar-refractivity contribution is 0.0955. The molecule has 3 aromatic rings. The van der Waals surface area contributed by atoms with Crippen molar-refractivity contribution in [1.29, 1.82) is 0 Å². The van der Waals surface area contributed by atoms with E-state index in [-0.39, 0.29) is 21.9 Å². The number of amides is 1. The number of aromatic amines is 1. The Labute approximate surface area is 178 Å². The zero-order chi connectivity index (χ0) is 22.0. The monoisotopic (exact) mass is 440 g/mol. The molecule has 0 saturated carbocycles. The van der Waals surface area contributed by atoms with E-state index in [2.05, 4.69) is 15.5 Å². The van der Waals surface area contributed by atoms with Crippen molar-refractivity contribution in [3.8, 4) is 5.88 Å². The van der Waals surface area contributed by atoms with Crippen molar-refractivity contribution in [1.82, 2.24) is 14.7 Å². The number of carbonyl (C=O) groups is 1. The van der Waals surface area contributed by atoms with Gasteiger partial charge in [-0.15, -0.1) is 0 Å². The molecule has 10 heteroatoms. The first-order valence-corrected chi connectivity index (χ1v) is 11.1. The van der Waals surface area contributed by atoms with Crippen LogP contribution >= 0.6 is 0 Å². The van der Waals surface area contributed by atoms with Gasteiger partial charge in [0.2, 0.25) is 15.9 Å². The van der Waals surface area contributed by atoms with Crippen LogP contribution in [0.1, 0.15) is 28.8 Å². The van der Waals surface area contributed by atoms with Gasteiger partial charge in [0.25, 0.3) is 11.5 Å². The number of benzene rings is 2. The molecule has 1 aliphatic heterocycles. The predicted molar refractivity (Wildman–Crippen MR) is 116 cm³/mol. The first-order chi connectivity index (χ1) is 14.9. The van der Waals surface area contributed by atoms with E-state index in [4.69, 9.17) is 0 Å². The molecule has 1 aromatic heterocycles. The molecule has 0 bridgehead atoms. The summed E-state index contributed by atoms with van der Waals surface area (Å²) in [7, 11) is -3.64. The number of carbonyl (C=O) groups excluding carboxylic acids is 1. The normalized spacial score (nSPS) is 15.0. The molecule has 0 aliphatic carbocycles. The van der Waals surface area contributed by atoms with Gasteiger partial charge in [-0.2, -0.15) is 9.41 Å². The van der Waals surface area contributed by atoms with E-state index < -0.39 is 21.5 Å². The largest absolute Gasteiger partial charge is 0.494 e. The standard InChI is InChI=1S/C21H20N4O5S/c26-19(14-6-5-7-15(12-14)31(29,30)25-10-3-4-11-25)24-22-13-18-16-8-1-2-9-17(16)20(27)23-21(18)28/h1-2,5-9,12-13H,3-4,10-11H2,(H,24,26)(H2,23,27,28). The Morgan fingerprint density at radius 2 is 1.81 bits per heavy atom. The van der Waals surface area contributed by atoms with Crippen molar-refractivity contribution in [3.63, 3.8) is 0 Å². The van der Waals surface area contributed by atoms with E-state index in [0.29, 0.717) is 23.9 Å². The number of H-pyrrole nitrogens is 1. The molecule has 1 amide bonds. The maximum absolute atomic E-state index is 12.7. The summed E-state index contributed by atoms with van der Waals surface area (Å²) < 4.78 is 26.8. The van der Waals surface area contributed by atoms with E-state index in [9.17, 15) is 23.1 Å². The number of hydrogen-bond acceptors (Lipinski definition) is 6. The van der Waals surface area contributed by atoms with E-state index >= 15 is 0 Å². The molecule has 2 aromatic carbocycles. The van der Waals surface area contributed by atoms with Crippen LogP contribution in [-0.4, -0.2) is 48.0 Å². The highest BCUT2D eigenvalue weighted by molar-refractivity contribution is 7.89. The molecule has 160 valence electrons. The molecule has 1 fully saturated rings. The van der Waals surface area contributed by atoms with Gasteiger partial charge >= 0.3 is 0 Å². The number of hydrazone groups is 1. The summed E-state index contributed by atoms with van der Waals surface area (Å²) in [4.78, 5) is 26.8. The maximum atomic E-state index is 12.7. The number of sulfonamides is 1. The molecule has 0 radical (unpaired) electrons. The van der Waals surface area contributed by atoms with Crippen LogP contribution in [0.25, 0.3) is 10.8 Å². The molecule has 0 spiro atoms. The molecule has 4 rings (SSSR count). The Bertz CT molecular complexity index is 1340. The van der Waals surface area contributed by atoms with Gasteiger partial charge in [0.05, 0.1) is 16.7 Å². The van der Waals surface area contributed by atoms with Crippen LogP contribution in [0, 0.1) is 0 Å². The number of nitrogens with one attached hydrogen (secondary N) is 2. The Kier molecular flexibility index (Phi) is 5.57. The predicted octanol–water partition coefficient (Wildman–Crippen LogP) is 1.78. The first kappa shape index (κ1) is 20.8. The van der Waals surface area contributed by atoms with Crippen molar-refractivity contribution in [2.45, 2.75) is 17.7 Å². The van der Waals surface area contributed by atoms with Crippen LogP contribution in [0.3, 0.4) is 0 Å². The van der Waals surface area contributed by atoms with Gasteiger partial charge in [0.1, 0.15) is 0 Å². The van der Waals surface area contributed by atoms with Gasteiger partial charge in [-0.1, -0.05) is 24.3 Å². The van der Waals surface area contributed by atoms with E-state index in [1.807, 2.05) is 0 Å². The van der Waals surface area contributed by atoms with Crippen molar-refractivity contribution in [3.05, 3.63) is 70.0 Å². The van der Waals surface area contributed by atoms with Crippen LogP contribution in [-0.2, 0) is 10.0 Å². The third-order valence-corrected chi connectivity index (χ3v) is 7.00. The quantitative estimate of drug-likeness (QED) is 0.411. The molecule has 2 heterocycles. The summed E-state index contributed by atoms with van der Waals surface area (Å²) in [5.74, 6) is -0.983. The minimum absolute atomic E-state index is 0.0512.